The van der Waals surface area contributed by atoms with E-state index in [1.165, 1.54) is 16.6 Å². The first-order valence-electron chi connectivity index (χ1n) is 6.72. The van der Waals surface area contributed by atoms with Crippen molar-refractivity contribution >= 4 is 16.3 Å². The zero-order valence-corrected chi connectivity index (χ0v) is 13.0. The predicted octanol–water partition coefficient (Wildman–Crippen LogP) is 2.84. The Bertz CT molecular complexity index is 1030. The van der Waals surface area contributed by atoms with Crippen LogP contribution in [-0.2, 0) is 7.05 Å². The lowest BCUT2D eigenvalue weighted by atomic mass is 10.2. The zero-order chi connectivity index (χ0) is 16.1. The Morgan fingerprint density at radius 1 is 1.13 bits per heavy atom. The topological polar surface area (TPSA) is 60.9 Å². The molecule has 0 aliphatic heterocycles. The van der Waals surface area contributed by atoms with Crippen LogP contribution in [0.3, 0.4) is 0 Å². The van der Waals surface area contributed by atoms with E-state index >= 15 is 0 Å². The predicted molar refractivity (Wildman–Crippen MR) is 81.0 cm³/mol. The number of aryl methyl sites for hydroxylation is 2. The van der Waals surface area contributed by atoms with Crippen LogP contribution in [0.25, 0.3) is 27.1 Å². The third-order valence-corrected chi connectivity index (χ3v) is 4.34. The van der Waals surface area contributed by atoms with Gasteiger partial charge in [-0.05, 0) is 25.1 Å². The number of halogens is 2. The average Bonchev–Trinajstić information content (AvgIpc) is 3.16. The van der Waals surface area contributed by atoms with Crippen molar-refractivity contribution in [3.63, 3.8) is 0 Å². The first-order chi connectivity index (χ1) is 11.0. The summed E-state index contributed by atoms with van der Waals surface area (Å²) in [6, 6.07) is 5.86. The Morgan fingerprint density at radius 2 is 1.96 bits per heavy atom. The third-order valence-electron chi connectivity index (χ3n) is 3.40. The molecule has 0 bridgehead atoms. The van der Waals surface area contributed by atoms with Crippen LogP contribution < -0.4 is 0 Å². The van der Waals surface area contributed by atoms with Gasteiger partial charge in [0.2, 0.25) is 10.8 Å². The lowest BCUT2D eigenvalue weighted by Crippen LogP contribution is -1.98. The van der Waals surface area contributed by atoms with Crippen molar-refractivity contribution in [3.05, 3.63) is 41.6 Å². The summed E-state index contributed by atoms with van der Waals surface area (Å²) >= 11 is 1.14. The van der Waals surface area contributed by atoms with Crippen molar-refractivity contribution in [3.8, 4) is 22.1 Å². The maximum absolute atomic E-state index is 13.9. The molecular weight excluding hydrogens is 322 g/mol. The summed E-state index contributed by atoms with van der Waals surface area (Å²) in [7, 11) is 1.79. The molecule has 0 aliphatic carbocycles. The van der Waals surface area contributed by atoms with Crippen LogP contribution in [0.5, 0.6) is 0 Å². The van der Waals surface area contributed by atoms with Crippen LogP contribution in [0, 0.1) is 18.6 Å². The van der Waals surface area contributed by atoms with Crippen LogP contribution in [0.2, 0.25) is 0 Å². The fourth-order valence-corrected chi connectivity index (χ4v) is 3.23. The van der Waals surface area contributed by atoms with Crippen molar-refractivity contribution in [1.29, 1.82) is 0 Å². The van der Waals surface area contributed by atoms with Crippen molar-refractivity contribution in [2.24, 2.45) is 7.05 Å². The monoisotopic (exact) mass is 332 g/mol. The van der Waals surface area contributed by atoms with Crippen LogP contribution in [0.4, 0.5) is 8.78 Å². The number of aromatic nitrogens is 6. The molecule has 0 spiro atoms. The molecule has 6 nitrogen and oxygen atoms in total. The number of rotatable bonds is 2. The smallest absolute Gasteiger partial charge is 0.235 e. The molecule has 0 saturated carbocycles. The average molecular weight is 332 g/mol. The summed E-state index contributed by atoms with van der Waals surface area (Å²) in [6.07, 6.45) is 0. The minimum atomic E-state index is -0.921. The Balaban J connectivity index is 1.90. The Hall–Kier alpha value is -2.68. The van der Waals surface area contributed by atoms with Gasteiger partial charge in [0.1, 0.15) is 5.69 Å². The van der Waals surface area contributed by atoms with Gasteiger partial charge < -0.3 is 0 Å². The number of fused-ring (bicyclic) bond motifs is 1. The van der Waals surface area contributed by atoms with Gasteiger partial charge in [0.15, 0.2) is 16.6 Å². The summed E-state index contributed by atoms with van der Waals surface area (Å²) < 4.78 is 30.5. The fraction of sp³-hybridized carbons (Fsp3) is 0.143. The molecule has 3 heterocycles. The van der Waals surface area contributed by atoms with E-state index in [2.05, 4.69) is 20.4 Å². The Morgan fingerprint density at radius 3 is 2.70 bits per heavy atom. The third kappa shape index (κ3) is 2.12. The van der Waals surface area contributed by atoms with Crippen molar-refractivity contribution < 1.29 is 8.78 Å². The minimum Gasteiger partial charge on any atom is -0.264 e. The highest BCUT2D eigenvalue weighted by molar-refractivity contribution is 7.19. The van der Waals surface area contributed by atoms with Crippen LogP contribution in [0.15, 0.2) is 24.3 Å². The molecule has 0 saturated heterocycles. The molecule has 0 radical (unpaired) electrons. The summed E-state index contributed by atoms with van der Waals surface area (Å²) in [5.74, 6) is -1.33. The maximum Gasteiger partial charge on any atom is 0.235 e. The van der Waals surface area contributed by atoms with E-state index in [4.69, 9.17) is 0 Å². The van der Waals surface area contributed by atoms with Gasteiger partial charge in [0.05, 0.1) is 11.3 Å². The minimum absolute atomic E-state index is 0.104. The van der Waals surface area contributed by atoms with Crippen LogP contribution in [-0.4, -0.2) is 29.6 Å². The molecular formula is C14H10F2N6S. The van der Waals surface area contributed by atoms with Gasteiger partial charge in [-0.3, -0.25) is 4.68 Å². The van der Waals surface area contributed by atoms with Gasteiger partial charge in [-0.2, -0.15) is 14.7 Å². The van der Waals surface area contributed by atoms with Crippen molar-refractivity contribution in [2.75, 3.05) is 0 Å². The molecule has 3 aromatic heterocycles. The van der Waals surface area contributed by atoms with E-state index in [0.29, 0.717) is 15.8 Å². The van der Waals surface area contributed by atoms with Gasteiger partial charge in [-0.1, -0.05) is 17.4 Å². The summed E-state index contributed by atoms with van der Waals surface area (Å²) in [5.41, 5.74) is 1.69. The first-order valence-corrected chi connectivity index (χ1v) is 7.54. The maximum atomic E-state index is 13.9. The number of hydrogen-bond acceptors (Lipinski definition) is 5. The van der Waals surface area contributed by atoms with Gasteiger partial charge in [-0.25, -0.2) is 8.78 Å². The molecule has 0 atom stereocenters. The molecule has 4 aromatic rings. The molecule has 1 aromatic carbocycles. The molecule has 0 fully saturated rings. The van der Waals surface area contributed by atoms with E-state index < -0.39 is 11.6 Å². The highest BCUT2D eigenvalue weighted by Crippen LogP contribution is 2.30. The fourth-order valence-electron chi connectivity index (χ4n) is 2.37. The second-order valence-electron chi connectivity index (χ2n) is 5.02. The van der Waals surface area contributed by atoms with Crippen molar-refractivity contribution in [2.45, 2.75) is 6.92 Å². The van der Waals surface area contributed by atoms with E-state index in [9.17, 15) is 8.78 Å². The number of nitrogens with zero attached hydrogens (tertiary/aromatic N) is 6. The molecule has 0 unspecified atom stereocenters. The van der Waals surface area contributed by atoms with Crippen LogP contribution >= 0.6 is 11.3 Å². The largest absolute Gasteiger partial charge is 0.264 e. The summed E-state index contributed by atoms with van der Waals surface area (Å²) in [4.78, 5) is 0.498. The van der Waals surface area contributed by atoms with Gasteiger partial charge in [0, 0.05) is 7.05 Å². The molecule has 116 valence electrons. The lowest BCUT2D eigenvalue weighted by Gasteiger charge is -1.99. The molecule has 0 N–H and O–H groups in total. The first kappa shape index (κ1) is 13.9. The molecule has 9 heteroatoms. The van der Waals surface area contributed by atoms with Crippen molar-refractivity contribution in [1.82, 2.24) is 29.6 Å². The summed E-state index contributed by atoms with van der Waals surface area (Å²) in [6.45, 7) is 1.87. The van der Waals surface area contributed by atoms with Gasteiger partial charge >= 0.3 is 0 Å². The SMILES string of the molecule is Cc1cc(-c2nnc3sc(-c4cccc(F)c4F)nn23)n(C)n1. The van der Waals surface area contributed by atoms with E-state index in [1.54, 1.807) is 11.7 Å². The highest BCUT2D eigenvalue weighted by Gasteiger charge is 2.19. The Kier molecular flexibility index (Phi) is 2.98. The standard InChI is InChI=1S/C14H10F2N6S/c1-7-6-10(21(2)19-7)12-17-18-14-22(12)20-13(23-14)8-4-3-5-9(15)11(8)16/h3-6H,1-2H3. The molecule has 0 amide bonds. The second kappa shape index (κ2) is 4.92. The van der Waals surface area contributed by atoms with Gasteiger partial charge in [-0.15, -0.1) is 10.2 Å². The number of benzene rings is 1. The Labute approximate surface area is 133 Å². The zero-order valence-electron chi connectivity index (χ0n) is 12.2. The lowest BCUT2D eigenvalue weighted by molar-refractivity contribution is 0.511. The van der Waals surface area contributed by atoms with Gasteiger partial charge in [0.25, 0.3) is 0 Å². The van der Waals surface area contributed by atoms with E-state index in [0.717, 1.165) is 28.8 Å². The normalized spacial score (nSPS) is 11.5. The molecule has 0 aliphatic rings. The van der Waals surface area contributed by atoms with E-state index in [1.807, 2.05) is 13.0 Å². The quantitative estimate of drug-likeness (QED) is 0.566. The highest BCUT2D eigenvalue weighted by atomic mass is 32.1. The summed E-state index contributed by atoms with van der Waals surface area (Å²) in [5, 5.41) is 17.1. The van der Waals surface area contributed by atoms with E-state index in [-0.39, 0.29) is 5.56 Å². The van der Waals surface area contributed by atoms with Crippen LogP contribution in [0.1, 0.15) is 5.69 Å². The second-order valence-corrected chi connectivity index (χ2v) is 5.98. The molecule has 23 heavy (non-hydrogen) atoms. The molecule has 4 rings (SSSR count). The number of hydrogen-bond donors (Lipinski definition) is 0.